The highest BCUT2D eigenvalue weighted by Gasteiger charge is 2.39. The fourth-order valence-corrected chi connectivity index (χ4v) is 2.34. The zero-order valence-corrected chi connectivity index (χ0v) is 14.0. The first-order valence-electron chi connectivity index (χ1n) is 7.80. The fraction of sp³-hybridized carbons (Fsp3) is 0.263. The molecule has 126 valence electrons. The number of rotatable bonds is 5. The van der Waals surface area contributed by atoms with E-state index in [2.05, 4.69) is 5.32 Å². The van der Waals surface area contributed by atoms with Crippen LogP contribution in [0.5, 0.6) is 0 Å². The molecule has 2 aromatic carbocycles. The van der Waals surface area contributed by atoms with Gasteiger partial charge in [-0.3, -0.25) is 9.59 Å². The van der Waals surface area contributed by atoms with Crippen LogP contribution in [-0.4, -0.2) is 18.4 Å². The van der Waals surface area contributed by atoms with Crippen molar-refractivity contribution in [1.82, 2.24) is 0 Å². The number of para-hydroxylation sites is 1. The third-order valence-corrected chi connectivity index (χ3v) is 3.81. The first-order valence-corrected chi connectivity index (χ1v) is 7.80. The van der Waals surface area contributed by atoms with Gasteiger partial charge in [-0.25, -0.2) is 4.39 Å². The van der Waals surface area contributed by atoms with Gasteiger partial charge in [0.25, 0.3) is 0 Å². The van der Waals surface area contributed by atoms with Crippen molar-refractivity contribution < 1.29 is 14.0 Å². The highest BCUT2D eigenvalue weighted by Crippen LogP contribution is 2.25. The zero-order chi connectivity index (χ0) is 17.7. The van der Waals surface area contributed by atoms with E-state index in [1.54, 1.807) is 24.8 Å². The topological polar surface area (TPSA) is 49.4 Å². The van der Waals surface area contributed by atoms with Crippen molar-refractivity contribution >= 4 is 23.2 Å². The number of anilines is 2. The van der Waals surface area contributed by atoms with Gasteiger partial charge in [-0.2, -0.15) is 0 Å². The van der Waals surface area contributed by atoms with E-state index in [4.69, 9.17) is 0 Å². The van der Waals surface area contributed by atoms with Gasteiger partial charge in [0.15, 0.2) is 0 Å². The molecule has 0 saturated carbocycles. The molecular weight excluding hydrogens is 307 g/mol. The van der Waals surface area contributed by atoms with Gasteiger partial charge in [0.05, 0.1) is 0 Å². The standard InChI is InChI=1S/C19H21FN2O2/c1-4-22(16-11-6-5-7-12-16)18(24)19(2,3)17(23)21-15-10-8-9-14(20)13-15/h5-13H,4H2,1-3H3,(H,21,23). The van der Waals surface area contributed by atoms with Crippen molar-refractivity contribution in [1.29, 1.82) is 0 Å². The maximum absolute atomic E-state index is 13.3. The van der Waals surface area contributed by atoms with Crippen LogP contribution < -0.4 is 10.2 Å². The quantitative estimate of drug-likeness (QED) is 0.848. The summed E-state index contributed by atoms with van der Waals surface area (Å²) in [6.07, 6.45) is 0. The fourth-order valence-electron chi connectivity index (χ4n) is 2.34. The Labute approximate surface area is 141 Å². The van der Waals surface area contributed by atoms with E-state index in [1.807, 2.05) is 37.3 Å². The molecule has 2 amide bonds. The Morgan fingerprint density at radius 3 is 2.33 bits per heavy atom. The lowest BCUT2D eigenvalue weighted by Gasteiger charge is -2.30. The molecule has 0 aliphatic carbocycles. The van der Waals surface area contributed by atoms with Crippen LogP contribution in [-0.2, 0) is 9.59 Å². The van der Waals surface area contributed by atoms with Crippen molar-refractivity contribution in [3.05, 3.63) is 60.4 Å². The van der Waals surface area contributed by atoms with Crippen LogP contribution in [0, 0.1) is 11.2 Å². The minimum atomic E-state index is -1.29. The summed E-state index contributed by atoms with van der Waals surface area (Å²) in [6.45, 7) is 5.43. The Balaban J connectivity index is 2.21. The Bertz CT molecular complexity index is 729. The molecule has 0 heterocycles. The van der Waals surface area contributed by atoms with Gasteiger partial charge < -0.3 is 10.2 Å². The highest BCUT2D eigenvalue weighted by atomic mass is 19.1. The SMILES string of the molecule is CCN(C(=O)C(C)(C)C(=O)Nc1cccc(F)c1)c1ccccc1. The number of nitrogens with one attached hydrogen (secondary N) is 1. The van der Waals surface area contributed by atoms with E-state index in [0.717, 1.165) is 5.69 Å². The molecule has 2 aromatic rings. The summed E-state index contributed by atoms with van der Waals surface area (Å²) in [5.41, 5.74) is -0.238. The lowest BCUT2D eigenvalue weighted by atomic mass is 9.89. The van der Waals surface area contributed by atoms with Gasteiger partial charge in [-0.15, -0.1) is 0 Å². The van der Waals surface area contributed by atoms with Crippen LogP contribution in [0.1, 0.15) is 20.8 Å². The van der Waals surface area contributed by atoms with Crippen LogP contribution in [0.3, 0.4) is 0 Å². The third kappa shape index (κ3) is 3.79. The molecule has 0 aromatic heterocycles. The molecule has 5 heteroatoms. The van der Waals surface area contributed by atoms with Gasteiger partial charge in [0.2, 0.25) is 11.8 Å². The van der Waals surface area contributed by atoms with Gasteiger partial charge >= 0.3 is 0 Å². The van der Waals surface area contributed by atoms with E-state index in [9.17, 15) is 14.0 Å². The monoisotopic (exact) mass is 328 g/mol. The average Bonchev–Trinajstić information content (AvgIpc) is 2.56. The lowest BCUT2D eigenvalue weighted by Crippen LogP contribution is -2.47. The smallest absolute Gasteiger partial charge is 0.242 e. The lowest BCUT2D eigenvalue weighted by molar-refractivity contribution is -0.136. The van der Waals surface area contributed by atoms with Gasteiger partial charge in [-0.05, 0) is 51.1 Å². The number of amides is 2. The highest BCUT2D eigenvalue weighted by molar-refractivity contribution is 6.14. The molecule has 0 aliphatic heterocycles. The second-order valence-electron chi connectivity index (χ2n) is 5.97. The van der Waals surface area contributed by atoms with Crippen LogP contribution >= 0.6 is 0 Å². The second-order valence-corrected chi connectivity index (χ2v) is 5.97. The molecular formula is C19H21FN2O2. The predicted octanol–water partition coefficient (Wildman–Crippen LogP) is 3.84. The molecule has 0 unspecified atom stereocenters. The molecule has 0 atom stereocenters. The summed E-state index contributed by atoms with van der Waals surface area (Å²) in [6, 6.07) is 14.8. The number of hydrogen-bond acceptors (Lipinski definition) is 2. The molecule has 0 fully saturated rings. The number of carbonyl (C=O) groups is 2. The van der Waals surface area contributed by atoms with Crippen molar-refractivity contribution in [2.24, 2.45) is 5.41 Å². The first-order chi connectivity index (χ1) is 11.4. The number of carbonyl (C=O) groups excluding carboxylic acids is 2. The maximum Gasteiger partial charge on any atom is 0.242 e. The summed E-state index contributed by atoms with van der Waals surface area (Å²) in [7, 11) is 0. The number of nitrogens with zero attached hydrogens (tertiary/aromatic N) is 1. The normalized spacial score (nSPS) is 11.0. The van der Waals surface area contributed by atoms with E-state index in [1.165, 1.54) is 18.2 Å². The Kier molecular flexibility index (Phi) is 5.34. The summed E-state index contributed by atoms with van der Waals surface area (Å²) in [5.74, 6) is -1.24. The van der Waals surface area contributed by atoms with E-state index in [-0.39, 0.29) is 5.91 Å². The third-order valence-electron chi connectivity index (χ3n) is 3.81. The molecule has 1 N–H and O–H groups in total. The Hall–Kier alpha value is -2.69. The summed E-state index contributed by atoms with van der Waals surface area (Å²) >= 11 is 0. The Morgan fingerprint density at radius 1 is 1.08 bits per heavy atom. The van der Waals surface area contributed by atoms with Gasteiger partial charge in [0, 0.05) is 17.9 Å². The molecule has 2 rings (SSSR count). The van der Waals surface area contributed by atoms with E-state index >= 15 is 0 Å². The van der Waals surface area contributed by atoms with Crippen LogP contribution in [0.25, 0.3) is 0 Å². The van der Waals surface area contributed by atoms with Crippen LogP contribution in [0.15, 0.2) is 54.6 Å². The van der Waals surface area contributed by atoms with Gasteiger partial charge in [0.1, 0.15) is 11.2 Å². The summed E-state index contributed by atoms with van der Waals surface area (Å²) < 4.78 is 13.3. The molecule has 0 spiro atoms. The zero-order valence-electron chi connectivity index (χ0n) is 14.0. The van der Waals surface area contributed by atoms with E-state index < -0.39 is 17.1 Å². The number of benzene rings is 2. The second kappa shape index (κ2) is 7.25. The average molecular weight is 328 g/mol. The number of hydrogen-bond donors (Lipinski definition) is 1. The van der Waals surface area contributed by atoms with Crippen molar-refractivity contribution in [2.75, 3.05) is 16.8 Å². The molecule has 0 saturated heterocycles. The van der Waals surface area contributed by atoms with E-state index in [0.29, 0.717) is 12.2 Å². The van der Waals surface area contributed by atoms with Gasteiger partial charge in [-0.1, -0.05) is 24.3 Å². The minimum absolute atomic E-state index is 0.315. The summed E-state index contributed by atoms with van der Waals surface area (Å²) in [5, 5.41) is 2.61. The van der Waals surface area contributed by atoms with Crippen molar-refractivity contribution in [2.45, 2.75) is 20.8 Å². The van der Waals surface area contributed by atoms with Crippen molar-refractivity contribution in [3.63, 3.8) is 0 Å². The van der Waals surface area contributed by atoms with Crippen LogP contribution in [0.2, 0.25) is 0 Å². The van der Waals surface area contributed by atoms with Crippen molar-refractivity contribution in [3.8, 4) is 0 Å². The first kappa shape index (κ1) is 17.7. The largest absolute Gasteiger partial charge is 0.325 e. The molecule has 0 radical (unpaired) electrons. The van der Waals surface area contributed by atoms with Crippen LogP contribution in [0.4, 0.5) is 15.8 Å². The maximum atomic E-state index is 13.3. The molecule has 4 nitrogen and oxygen atoms in total. The molecule has 0 bridgehead atoms. The predicted molar refractivity (Wildman–Crippen MR) is 93.3 cm³/mol. The summed E-state index contributed by atoms with van der Waals surface area (Å²) in [4.78, 5) is 27.0. The Morgan fingerprint density at radius 2 is 1.75 bits per heavy atom. The minimum Gasteiger partial charge on any atom is -0.325 e. The number of halogens is 1. The molecule has 0 aliphatic rings. The molecule has 24 heavy (non-hydrogen) atoms.